The Hall–Kier alpha value is -1.35. The van der Waals surface area contributed by atoms with Crippen LogP contribution in [-0.2, 0) is 16.1 Å². The highest BCUT2D eigenvalue weighted by molar-refractivity contribution is 5.89. The fourth-order valence-electron chi connectivity index (χ4n) is 2.03. The van der Waals surface area contributed by atoms with Crippen LogP contribution >= 0.6 is 0 Å². The van der Waals surface area contributed by atoms with Crippen LogP contribution in [-0.4, -0.2) is 19.7 Å². The van der Waals surface area contributed by atoms with Gasteiger partial charge in [0.15, 0.2) is 0 Å². The molecule has 3 nitrogen and oxygen atoms in total. The van der Waals surface area contributed by atoms with Gasteiger partial charge in [-0.05, 0) is 24.1 Å². The smallest absolute Gasteiger partial charge is 0.337 e. The maximum Gasteiger partial charge on any atom is 0.337 e. The zero-order valence-corrected chi connectivity index (χ0v) is 12.7. The van der Waals surface area contributed by atoms with Gasteiger partial charge in [-0.1, -0.05) is 51.2 Å². The van der Waals surface area contributed by atoms with E-state index in [1.807, 2.05) is 12.1 Å². The molecule has 0 atom stereocenters. The third-order valence-electron chi connectivity index (χ3n) is 3.29. The average molecular weight is 278 g/mol. The fourth-order valence-corrected chi connectivity index (χ4v) is 2.03. The first-order chi connectivity index (χ1) is 9.77. The molecule has 0 saturated carbocycles. The summed E-state index contributed by atoms with van der Waals surface area (Å²) in [6.07, 6.45) is 7.66. The summed E-state index contributed by atoms with van der Waals surface area (Å²) in [5.74, 6) is -0.301. The molecule has 112 valence electrons. The molecule has 0 N–H and O–H groups in total. The lowest BCUT2D eigenvalue weighted by molar-refractivity contribution is 0.0600. The van der Waals surface area contributed by atoms with E-state index in [0.29, 0.717) is 12.2 Å². The minimum atomic E-state index is -0.301. The Bertz CT molecular complexity index is 370. The zero-order chi connectivity index (χ0) is 14.6. The maximum atomic E-state index is 11.3. The number of esters is 1. The number of unbranched alkanes of at least 4 members (excludes halogenated alkanes) is 5. The predicted octanol–water partition coefficient (Wildman–Crippen LogP) is 4.35. The van der Waals surface area contributed by atoms with Gasteiger partial charge in [-0.3, -0.25) is 0 Å². The summed E-state index contributed by atoms with van der Waals surface area (Å²) < 4.78 is 10.3. The zero-order valence-electron chi connectivity index (χ0n) is 12.7. The monoisotopic (exact) mass is 278 g/mol. The summed E-state index contributed by atoms with van der Waals surface area (Å²) >= 11 is 0. The van der Waals surface area contributed by atoms with E-state index in [0.717, 1.165) is 18.6 Å². The van der Waals surface area contributed by atoms with Crippen LogP contribution in [0, 0.1) is 0 Å². The topological polar surface area (TPSA) is 35.5 Å². The van der Waals surface area contributed by atoms with Crippen LogP contribution in [0.5, 0.6) is 0 Å². The molecule has 0 amide bonds. The second kappa shape index (κ2) is 10.4. The molecular formula is C17H26O3. The van der Waals surface area contributed by atoms with Crippen molar-refractivity contribution >= 4 is 5.97 Å². The predicted molar refractivity (Wildman–Crippen MR) is 80.8 cm³/mol. The van der Waals surface area contributed by atoms with Gasteiger partial charge >= 0.3 is 5.97 Å². The Morgan fingerprint density at radius 1 is 1.00 bits per heavy atom. The average Bonchev–Trinajstić information content (AvgIpc) is 2.50. The van der Waals surface area contributed by atoms with E-state index < -0.39 is 0 Å². The molecule has 0 aromatic heterocycles. The Morgan fingerprint density at radius 2 is 1.65 bits per heavy atom. The molecule has 20 heavy (non-hydrogen) atoms. The number of rotatable bonds is 10. The largest absolute Gasteiger partial charge is 0.465 e. The number of methoxy groups -OCH3 is 1. The van der Waals surface area contributed by atoms with Gasteiger partial charge in [-0.2, -0.15) is 0 Å². The quantitative estimate of drug-likeness (QED) is 0.471. The Morgan fingerprint density at radius 3 is 2.30 bits per heavy atom. The van der Waals surface area contributed by atoms with E-state index in [1.165, 1.54) is 39.2 Å². The lowest BCUT2D eigenvalue weighted by Crippen LogP contribution is -2.01. The summed E-state index contributed by atoms with van der Waals surface area (Å²) in [5.41, 5.74) is 1.66. The van der Waals surface area contributed by atoms with E-state index in [2.05, 4.69) is 11.7 Å². The van der Waals surface area contributed by atoms with Crippen LogP contribution in [0.1, 0.15) is 61.4 Å². The van der Waals surface area contributed by atoms with E-state index >= 15 is 0 Å². The van der Waals surface area contributed by atoms with Crippen LogP contribution in [0.3, 0.4) is 0 Å². The first kappa shape index (κ1) is 16.7. The van der Waals surface area contributed by atoms with Crippen LogP contribution in [0.25, 0.3) is 0 Å². The molecule has 1 aromatic rings. The Balaban J connectivity index is 2.11. The van der Waals surface area contributed by atoms with Gasteiger partial charge in [-0.15, -0.1) is 0 Å². The third-order valence-corrected chi connectivity index (χ3v) is 3.29. The minimum Gasteiger partial charge on any atom is -0.465 e. The molecule has 1 rings (SSSR count). The number of hydrogen-bond donors (Lipinski definition) is 0. The maximum absolute atomic E-state index is 11.3. The van der Waals surface area contributed by atoms with Gasteiger partial charge < -0.3 is 9.47 Å². The van der Waals surface area contributed by atoms with Crippen molar-refractivity contribution in [1.82, 2.24) is 0 Å². The number of carbonyl (C=O) groups is 1. The Kier molecular flexibility index (Phi) is 8.72. The van der Waals surface area contributed by atoms with E-state index in [9.17, 15) is 4.79 Å². The van der Waals surface area contributed by atoms with Gasteiger partial charge in [0.05, 0.1) is 19.3 Å². The summed E-state index contributed by atoms with van der Waals surface area (Å²) in [6, 6.07) is 7.37. The minimum absolute atomic E-state index is 0.301. The molecule has 0 radical (unpaired) electrons. The van der Waals surface area contributed by atoms with Crippen molar-refractivity contribution in [2.45, 2.75) is 52.1 Å². The van der Waals surface area contributed by atoms with Crippen LogP contribution < -0.4 is 0 Å². The lowest BCUT2D eigenvalue weighted by atomic mass is 10.1. The van der Waals surface area contributed by atoms with Crippen molar-refractivity contribution in [3.05, 3.63) is 35.4 Å². The second-order valence-corrected chi connectivity index (χ2v) is 5.01. The fraction of sp³-hybridized carbons (Fsp3) is 0.588. The normalized spacial score (nSPS) is 10.5. The van der Waals surface area contributed by atoms with Gasteiger partial charge in [0.1, 0.15) is 0 Å². The van der Waals surface area contributed by atoms with Crippen molar-refractivity contribution in [3.8, 4) is 0 Å². The van der Waals surface area contributed by atoms with Crippen molar-refractivity contribution in [3.63, 3.8) is 0 Å². The molecule has 0 bridgehead atoms. The van der Waals surface area contributed by atoms with Crippen molar-refractivity contribution in [2.75, 3.05) is 13.7 Å². The molecule has 0 unspecified atom stereocenters. The summed E-state index contributed by atoms with van der Waals surface area (Å²) in [5, 5.41) is 0. The van der Waals surface area contributed by atoms with Gasteiger partial charge in [0, 0.05) is 6.61 Å². The highest BCUT2D eigenvalue weighted by Gasteiger charge is 2.04. The molecule has 0 aliphatic heterocycles. The SMILES string of the molecule is CCCCCCCCOCc1ccc(C(=O)OC)cc1. The van der Waals surface area contributed by atoms with Gasteiger partial charge in [-0.25, -0.2) is 4.79 Å². The number of benzene rings is 1. The molecule has 0 fully saturated rings. The molecule has 1 aromatic carbocycles. The van der Waals surface area contributed by atoms with E-state index in [-0.39, 0.29) is 5.97 Å². The first-order valence-corrected chi connectivity index (χ1v) is 7.53. The molecule has 0 aliphatic rings. The Labute approximate surface area is 122 Å². The summed E-state index contributed by atoms with van der Waals surface area (Å²) in [4.78, 5) is 11.3. The van der Waals surface area contributed by atoms with Gasteiger partial charge in [0.2, 0.25) is 0 Å². The third kappa shape index (κ3) is 6.71. The summed E-state index contributed by atoms with van der Waals surface area (Å²) in [6.45, 7) is 3.65. The number of carbonyl (C=O) groups excluding carboxylic acids is 1. The molecule has 0 saturated heterocycles. The van der Waals surface area contributed by atoms with Crippen molar-refractivity contribution < 1.29 is 14.3 Å². The van der Waals surface area contributed by atoms with Crippen molar-refractivity contribution in [1.29, 1.82) is 0 Å². The molecular weight excluding hydrogens is 252 g/mol. The molecule has 0 heterocycles. The molecule has 0 spiro atoms. The lowest BCUT2D eigenvalue weighted by Gasteiger charge is -2.05. The number of hydrogen-bond acceptors (Lipinski definition) is 3. The highest BCUT2D eigenvalue weighted by Crippen LogP contribution is 2.08. The van der Waals surface area contributed by atoms with Crippen molar-refractivity contribution in [2.24, 2.45) is 0 Å². The van der Waals surface area contributed by atoms with E-state index in [1.54, 1.807) is 12.1 Å². The summed E-state index contributed by atoms with van der Waals surface area (Å²) in [7, 11) is 1.39. The van der Waals surface area contributed by atoms with Crippen LogP contribution in [0.4, 0.5) is 0 Å². The first-order valence-electron chi connectivity index (χ1n) is 7.53. The standard InChI is InChI=1S/C17H26O3/c1-3-4-5-6-7-8-13-20-14-15-9-11-16(12-10-15)17(18)19-2/h9-12H,3-8,13-14H2,1-2H3. The second-order valence-electron chi connectivity index (χ2n) is 5.01. The van der Waals surface area contributed by atoms with Crippen LogP contribution in [0.2, 0.25) is 0 Å². The molecule has 3 heteroatoms. The van der Waals surface area contributed by atoms with Crippen LogP contribution in [0.15, 0.2) is 24.3 Å². The van der Waals surface area contributed by atoms with E-state index in [4.69, 9.17) is 4.74 Å². The van der Waals surface area contributed by atoms with Gasteiger partial charge in [0.25, 0.3) is 0 Å². The molecule has 0 aliphatic carbocycles. The number of ether oxygens (including phenoxy) is 2. The highest BCUT2D eigenvalue weighted by atomic mass is 16.5.